The minimum absolute atomic E-state index is 0.553. The first-order valence-electron chi connectivity index (χ1n) is 8.51. The van der Waals surface area contributed by atoms with E-state index in [1.54, 1.807) is 15.9 Å². The Balaban J connectivity index is 1.59. The van der Waals surface area contributed by atoms with E-state index in [1.165, 1.54) is 38.1 Å². The number of benzene rings is 1. The van der Waals surface area contributed by atoms with E-state index in [-0.39, 0.29) is 0 Å². The molecule has 2 fully saturated rings. The smallest absolute Gasteiger partial charge is 0.360 e. The molecule has 3 nitrogen and oxygen atoms in total. The van der Waals surface area contributed by atoms with Gasteiger partial charge < -0.3 is 14.7 Å². The molecule has 2 aliphatic heterocycles. The summed E-state index contributed by atoms with van der Waals surface area (Å²) in [5.41, 5.74) is 0.148. The van der Waals surface area contributed by atoms with Gasteiger partial charge in [0.1, 0.15) is 0 Å². The molecule has 128 valence electrons. The number of piperazine rings is 1. The van der Waals surface area contributed by atoms with Crippen LogP contribution in [0.1, 0.15) is 18.4 Å². The molecular weight excluding hydrogens is 303 g/mol. The maximum absolute atomic E-state index is 12.8. The number of nitrogens with one attached hydrogen (secondary N) is 2. The van der Waals surface area contributed by atoms with Crippen molar-refractivity contribution in [2.45, 2.75) is 25.1 Å². The van der Waals surface area contributed by atoms with Crippen LogP contribution in [0.4, 0.5) is 18.9 Å². The third-order valence-corrected chi connectivity index (χ3v) is 5.36. The topological polar surface area (TPSA) is 12.1 Å². The Kier molecular flexibility index (Phi) is 4.82. The molecule has 2 aliphatic rings. The van der Waals surface area contributed by atoms with Gasteiger partial charge in [0.05, 0.1) is 57.9 Å². The molecule has 2 heterocycles. The number of hydrogen-bond donors (Lipinski definition) is 2. The van der Waals surface area contributed by atoms with Gasteiger partial charge in [0.15, 0.2) is 0 Å². The van der Waals surface area contributed by atoms with Crippen LogP contribution >= 0.6 is 0 Å². The van der Waals surface area contributed by atoms with Gasteiger partial charge in [-0.2, -0.15) is 13.2 Å². The number of rotatable bonds is 2. The van der Waals surface area contributed by atoms with E-state index in [0.29, 0.717) is 5.69 Å². The Morgan fingerprint density at radius 1 is 1.04 bits per heavy atom. The van der Waals surface area contributed by atoms with Gasteiger partial charge in [0.25, 0.3) is 0 Å². The fraction of sp³-hybridized carbons (Fsp3) is 0.647. The van der Waals surface area contributed by atoms with Crippen LogP contribution in [0.2, 0.25) is 0 Å². The van der Waals surface area contributed by atoms with E-state index in [4.69, 9.17) is 0 Å². The lowest BCUT2D eigenvalue weighted by Crippen LogP contribution is -3.21. The molecule has 2 N–H and O–H groups in total. The number of alkyl halides is 3. The predicted molar refractivity (Wildman–Crippen MR) is 84.0 cm³/mol. The minimum atomic E-state index is -4.26. The summed E-state index contributed by atoms with van der Waals surface area (Å²) in [5.74, 6) is 0. The van der Waals surface area contributed by atoms with Crippen LogP contribution in [0.15, 0.2) is 24.3 Å². The summed E-state index contributed by atoms with van der Waals surface area (Å²) in [6.45, 7) is 6.22. The van der Waals surface area contributed by atoms with E-state index in [9.17, 15) is 13.2 Å². The molecule has 3 rings (SSSR count). The molecule has 0 bridgehead atoms. The summed E-state index contributed by atoms with van der Waals surface area (Å²) in [5, 5.41) is 0. The van der Waals surface area contributed by atoms with Crippen molar-refractivity contribution < 1.29 is 23.0 Å². The number of hydrogen-bond acceptors (Lipinski definition) is 1. The number of likely N-dealkylation sites (tertiary alicyclic amines) is 1. The monoisotopic (exact) mass is 329 g/mol. The number of anilines is 1. The van der Waals surface area contributed by atoms with Crippen molar-refractivity contribution in [1.29, 1.82) is 0 Å². The average Bonchev–Trinajstić information content (AvgIpc) is 2.55. The predicted octanol–water partition coefficient (Wildman–Crippen LogP) is 0.0874. The quantitative estimate of drug-likeness (QED) is 0.784. The second-order valence-corrected chi connectivity index (χ2v) is 6.92. The van der Waals surface area contributed by atoms with Crippen molar-refractivity contribution >= 4 is 5.69 Å². The molecule has 0 aromatic heterocycles. The highest BCUT2D eigenvalue weighted by Gasteiger charge is 2.33. The molecule has 0 saturated carbocycles. The lowest BCUT2D eigenvalue weighted by molar-refractivity contribution is -0.952. The maximum atomic E-state index is 12.8. The summed E-state index contributed by atoms with van der Waals surface area (Å²) in [4.78, 5) is 5.35. The third-order valence-electron chi connectivity index (χ3n) is 5.36. The summed E-state index contributed by atoms with van der Waals surface area (Å²) >= 11 is 0. The van der Waals surface area contributed by atoms with Gasteiger partial charge in [-0.3, -0.25) is 0 Å². The maximum Gasteiger partial charge on any atom is 0.416 e. The minimum Gasteiger partial charge on any atom is -0.360 e. The Morgan fingerprint density at radius 2 is 1.70 bits per heavy atom. The van der Waals surface area contributed by atoms with Crippen molar-refractivity contribution in [3.05, 3.63) is 29.8 Å². The first-order chi connectivity index (χ1) is 10.9. The molecule has 0 radical (unpaired) electrons. The normalized spacial score (nSPS) is 27.2. The van der Waals surface area contributed by atoms with Crippen LogP contribution in [0.5, 0.6) is 0 Å². The van der Waals surface area contributed by atoms with Gasteiger partial charge >= 0.3 is 6.18 Å². The summed E-state index contributed by atoms with van der Waals surface area (Å²) in [6, 6.07) is 6.47. The van der Waals surface area contributed by atoms with Crippen LogP contribution in [0.3, 0.4) is 0 Å². The van der Waals surface area contributed by atoms with E-state index in [1.807, 2.05) is 0 Å². The van der Waals surface area contributed by atoms with Crippen LogP contribution in [0.25, 0.3) is 0 Å². The van der Waals surface area contributed by atoms with Crippen LogP contribution in [-0.4, -0.2) is 52.4 Å². The van der Waals surface area contributed by atoms with Crippen LogP contribution < -0.4 is 14.7 Å². The first-order valence-corrected chi connectivity index (χ1v) is 8.51. The zero-order valence-electron chi connectivity index (χ0n) is 13.6. The van der Waals surface area contributed by atoms with E-state index < -0.39 is 11.7 Å². The number of nitrogens with zero attached hydrogens (tertiary/aromatic N) is 1. The summed E-state index contributed by atoms with van der Waals surface area (Å²) in [7, 11) is 2.25. The SMILES string of the molecule is C[NH+]1CCC([NH+]2CCN(c3cccc(C(F)(F)F)c3)CC2)CC1. The van der Waals surface area contributed by atoms with E-state index in [0.717, 1.165) is 38.3 Å². The van der Waals surface area contributed by atoms with Crippen molar-refractivity contribution in [3.8, 4) is 0 Å². The van der Waals surface area contributed by atoms with Crippen LogP contribution in [-0.2, 0) is 6.18 Å². The second-order valence-electron chi connectivity index (χ2n) is 6.92. The van der Waals surface area contributed by atoms with Crippen molar-refractivity contribution in [2.75, 3.05) is 51.2 Å². The van der Waals surface area contributed by atoms with Gasteiger partial charge in [0, 0.05) is 18.5 Å². The zero-order chi connectivity index (χ0) is 16.4. The Morgan fingerprint density at radius 3 is 2.30 bits per heavy atom. The van der Waals surface area contributed by atoms with Gasteiger partial charge in [-0.15, -0.1) is 0 Å². The number of quaternary nitrogens is 2. The highest BCUT2D eigenvalue weighted by molar-refractivity contribution is 5.49. The summed E-state index contributed by atoms with van der Waals surface area (Å²) < 4.78 is 38.5. The highest BCUT2D eigenvalue weighted by Crippen LogP contribution is 2.31. The largest absolute Gasteiger partial charge is 0.416 e. The molecule has 0 aliphatic carbocycles. The van der Waals surface area contributed by atoms with Crippen molar-refractivity contribution in [1.82, 2.24) is 0 Å². The van der Waals surface area contributed by atoms with Gasteiger partial charge in [0.2, 0.25) is 0 Å². The van der Waals surface area contributed by atoms with Gasteiger partial charge in [-0.05, 0) is 18.2 Å². The van der Waals surface area contributed by atoms with Gasteiger partial charge in [-0.25, -0.2) is 0 Å². The number of halogens is 3. The van der Waals surface area contributed by atoms with E-state index >= 15 is 0 Å². The third kappa shape index (κ3) is 3.98. The average molecular weight is 329 g/mol. The Hall–Kier alpha value is -1.27. The zero-order valence-corrected chi connectivity index (χ0v) is 13.6. The molecule has 0 amide bonds. The van der Waals surface area contributed by atoms with Crippen molar-refractivity contribution in [3.63, 3.8) is 0 Å². The lowest BCUT2D eigenvalue weighted by Gasteiger charge is -2.39. The highest BCUT2D eigenvalue weighted by atomic mass is 19.4. The molecule has 23 heavy (non-hydrogen) atoms. The molecular formula is C17H26F3N3+2. The summed E-state index contributed by atoms with van der Waals surface area (Å²) in [6.07, 6.45) is -1.73. The molecule has 0 spiro atoms. The van der Waals surface area contributed by atoms with E-state index in [2.05, 4.69) is 11.9 Å². The molecule has 1 aromatic carbocycles. The molecule has 0 atom stereocenters. The molecule has 6 heteroatoms. The number of piperidine rings is 1. The van der Waals surface area contributed by atoms with Crippen molar-refractivity contribution in [2.24, 2.45) is 0 Å². The fourth-order valence-electron chi connectivity index (χ4n) is 3.86. The molecule has 2 saturated heterocycles. The van der Waals surface area contributed by atoms with Gasteiger partial charge in [-0.1, -0.05) is 6.07 Å². The molecule has 0 unspecified atom stereocenters. The molecule has 1 aromatic rings. The van der Waals surface area contributed by atoms with Crippen LogP contribution in [0, 0.1) is 0 Å². The lowest BCUT2D eigenvalue weighted by atomic mass is 10.0. The Labute approximate surface area is 135 Å². The second kappa shape index (κ2) is 6.69. The first kappa shape index (κ1) is 16.6. The Bertz CT molecular complexity index is 516. The fourth-order valence-corrected chi connectivity index (χ4v) is 3.86. The standard InChI is InChI=1S/C17H24F3N3/c1-21-7-5-15(6-8-21)22-9-11-23(12-10-22)16-4-2-3-14(13-16)17(18,19)20/h2-4,13,15H,5-12H2,1H3/p+2.